The van der Waals surface area contributed by atoms with Crippen LogP contribution in [0, 0.1) is 10.8 Å². The van der Waals surface area contributed by atoms with E-state index in [-0.39, 0.29) is 16.6 Å². The predicted octanol–water partition coefficient (Wildman–Crippen LogP) is 8.56. The monoisotopic (exact) mass is 484 g/mol. The van der Waals surface area contributed by atoms with Gasteiger partial charge in [0.25, 0.3) is 0 Å². The summed E-state index contributed by atoms with van der Waals surface area (Å²) in [5.74, 6) is 1.11. The first-order chi connectivity index (χ1) is 17.1. The van der Waals surface area contributed by atoms with E-state index in [9.17, 15) is 9.90 Å². The lowest BCUT2D eigenvalue weighted by molar-refractivity contribution is -0.109. The third-order valence-corrected chi connectivity index (χ3v) is 6.72. The van der Waals surface area contributed by atoms with E-state index in [1.165, 1.54) is 11.1 Å². The lowest BCUT2D eigenvalue weighted by Crippen LogP contribution is -2.25. The molecule has 0 radical (unpaired) electrons. The van der Waals surface area contributed by atoms with Crippen LogP contribution < -0.4 is 4.74 Å². The van der Waals surface area contributed by atoms with Crippen LogP contribution in [0.2, 0.25) is 0 Å². The van der Waals surface area contributed by atoms with Gasteiger partial charge in [0.05, 0.1) is 6.61 Å². The fourth-order valence-electron chi connectivity index (χ4n) is 5.15. The van der Waals surface area contributed by atoms with Crippen LogP contribution in [0.3, 0.4) is 0 Å². The fraction of sp³-hybridized carbons (Fsp3) is 0.364. The number of hydrogen-bond acceptors (Lipinski definition) is 3. The third kappa shape index (κ3) is 7.58. The minimum atomic E-state index is -0.000396. The Kier molecular flexibility index (Phi) is 9.14. The number of phenols is 1. The predicted molar refractivity (Wildman–Crippen MR) is 150 cm³/mol. The molecule has 36 heavy (non-hydrogen) atoms. The average molecular weight is 485 g/mol. The van der Waals surface area contributed by atoms with E-state index >= 15 is 0 Å². The minimum Gasteiger partial charge on any atom is -0.508 e. The van der Waals surface area contributed by atoms with Crippen molar-refractivity contribution >= 4 is 17.4 Å². The average Bonchev–Trinajstić information content (AvgIpc) is 2.83. The quantitative estimate of drug-likeness (QED) is 0.207. The summed E-state index contributed by atoms with van der Waals surface area (Å²) < 4.78 is 6.13. The lowest BCUT2D eigenvalue weighted by Gasteiger charge is -2.34. The molecule has 0 amide bonds. The molecule has 0 spiro atoms. The Morgan fingerprint density at radius 1 is 0.806 bits per heavy atom. The number of benzene rings is 3. The summed E-state index contributed by atoms with van der Waals surface area (Å²) in [5.41, 5.74) is 5.89. The molecule has 0 saturated heterocycles. The number of carbonyl (C=O) groups excluding carboxylic acids is 1. The Morgan fingerprint density at radius 3 is 1.94 bits per heavy atom. The van der Waals surface area contributed by atoms with E-state index in [0.717, 1.165) is 48.0 Å². The zero-order valence-corrected chi connectivity index (χ0v) is 22.4. The number of hydrogen-bond donors (Lipinski definition) is 1. The molecule has 0 aliphatic rings. The van der Waals surface area contributed by atoms with E-state index in [0.29, 0.717) is 13.0 Å². The molecule has 0 aromatic heterocycles. The molecule has 190 valence electrons. The molecule has 3 aromatic rings. The first-order valence-electron chi connectivity index (χ1n) is 12.9. The molecule has 0 unspecified atom stereocenters. The fourth-order valence-corrected chi connectivity index (χ4v) is 5.15. The van der Waals surface area contributed by atoms with Gasteiger partial charge in [0.2, 0.25) is 0 Å². The maximum Gasteiger partial charge on any atom is 0.120 e. The first kappa shape index (κ1) is 27.3. The van der Waals surface area contributed by atoms with Crippen molar-refractivity contribution in [3.63, 3.8) is 0 Å². The molecular formula is C33H40O3. The van der Waals surface area contributed by atoms with Crippen molar-refractivity contribution in [3.8, 4) is 11.5 Å². The van der Waals surface area contributed by atoms with Crippen LogP contribution in [0.25, 0.3) is 11.1 Å². The second-order valence-electron chi connectivity index (χ2n) is 11.1. The summed E-state index contributed by atoms with van der Waals surface area (Å²) in [7, 11) is 0. The molecule has 3 aromatic carbocycles. The van der Waals surface area contributed by atoms with Crippen molar-refractivity contribution < 1.29 is 14.6 Å². The number of allylic oxidation sites excluding steroid dienone is 1. The van der Waals surface area contributed by atoms with Crippen LogP contribution in [-0.4, -0.2) is 18.0 Å². The molecule has 1 N–H and O–H groups in total. The number of rotatable bonds is 12. The van der Waals surface area contributed by atoms with Gasteiger partial charge in [-0.25, -0.2) is 0 Å². The summed E-state index contributed by atoms with van der Waals surface area (Å²) in [6, 6.07) is 26.2. The largest absolute Gasteiger partial charge is 0.508 e. The number of phenolic OH excluding ortho intramolecular Hbond substituents is 1. The van der Waals surface area contributed by atoms with Crippen LogP contribution in [0.4, 0.5) is 0 Å². The summed E-state index contributed by atoms with van der Waals surface area (Å²) >= 11 is 0. The highest BCUT2D eigenvalue weighted by atomic mass is 16.5. The van der Waals surface area contributed by atoms with Gasteiger partial charge in [-0.15, -0.1) is 0 Å². The topological polar surface area (TPSA) is 46.5 Å². The van der Waals surface area contributed by atoms with Gasteiger partial charge in [0, 0.05) is 6.42 Å². The van der Waals surface area contributed by atoms with Crippen LogP contribution >= 0.6 is 0 Å². The molecule has 0 atom stereocenters. The highest BCUT2D eigenvalue weighted by Crippen LogP contribution is 2.38. The molecular weight excluding hydrogens is 444 g/mol. The Morgan fingerprint density at radius 2 is 1.39 bits per heavy atom. The first-order valence-corrected chi connectivity index (χ1v) is 12.9. The molecule has 0 bridgehead atoms. The lowest BCUT2D eigenvalue weighted by atomic mass is 9.72. The van der Waals surface area contributed by atoms with E-state index in [1.807, 2.05) is 30.3 Å². The second kappa shape index (κ2) is 12.1. The summed E-state index contributed by atoms with van der Waals surface area (Å²) in [4.78, 5) is 11.0. The smallest absolute Gasteiger partial charge is 0.120 e. The van der Waals surface area contributed by atoms with Gasteiger partial charge >= 0.3 is 0 Å². The van der Waals surface area contributed by atoms with Crippen molar-refractivity contribution in [1.29, 1.82) is 0 Å². The maximum absolute atomic E-state index is 11.0. The van der Waals surface area contributed by atoms with Gasteiger partial charge < -0.3 is 14.6 Å². The van der Waals surface area contributed by atoms with Gasteiger partial charge in [0.1, 0.15) is 17.8 Å². The van der Waals surface area contributed by atoms with Gasteiger partial charge in [-0.05, 0) is 82.2 Å². The van der Waals surface area contributed by atoms with Gasteiger partial charge in [-0.2, -0.15) is 0 Å². The van der Waals surface area contributed by atoms with E-state index in [4.69, 9.17) is 4.74 Å². The second-order valence-corrected chi connectivity index (χ2v) is 11.1. The van der Waals surface area contributed by atoms with Gasteiger partial charge in [-0.3, -0.25) is 0 Å². The number of ether oxygens (including phenoxy) is 1. The molecule has 0 fully saturated rings. The van der Waals surface area contributed by atoms with Crippen molar-refractivity contribution in [2.24, 2.45) is 10.8 Å². The normalized spacial score (nSPS) is 12.7. The zero-order chi connectivity index (χ0) is 26.2. The number of carbonyl (C=O) groups is 1. The third-order valence-electron chi connectivity index (χ3n) is 6.72. The molecule has 3 heteroatoms. The van der Waals surface area contributed by atoms with Crippen molar-refractivity contribution in [1.82, 2.24) is 0 Å². The molecule has 0 saturated carbocycles. The SMILES string of the molecule is CC/C(=C(\c1ccc(O)cc1)c1ccc(OCCC(C)(C)CC(C)(C)CC=O)cc1)c1ccccc1. The van der Waals surface area contributed by atoms with Gasteiger partial charge in [0.15, 0.2) is 0 Å². The zero-order valence-electron chi connectivity index (χ0n) is 22.4. The Balaban J connectivity index is 1.81. The highest BCUT2D eigenvalue weighted by molar-refractivity contribution is 5.98. The molecule has 3 rings (SSSR count). The standard InChI is InChI=1S/C33H40O3/c1-6-30(25-10-8-7-9-11-25)31(26-12-16-28(35)17-13-26)27-14-18-29(19-15-27)36-23-21-33(4,5)24-32(2,3)20-22-34/h7-19,22,35H,6,20-21,23-24H2,1-5H3/b31-30-. The van der Waals surface area contributed by atoms with Crippen molar-refractivity contribution in [2.75, 3.05) is 6.61 Å². The Labute approximate surface area is 216 Å². The van der Waals surface area contributed by atoms with Crippen LogP contribution in [-0.2, 0) is 4.79 Å². The van der Waals surface area contributed by atoms with Gasteiger partial charge in [-0.1, -0.05) is 89.2 Å². The maximum atomic E-state index is 11.0. The molecule has 0 aliphatic heterocycles. The Hall–Kier alpha value is -3.33. The molecule has 0 aliphatic carbocycles. The molecule has 3 nitrogen and oxygen atoms in total. The van der Waals surface area contributed by atoms with Crippen molar-refractivity contribution in [2.45, 2.75) is 60.3 Å². The van der Waals surface area contributed by atoms with Crippen LogP contribution in [0.15, 0.2) is 78.9 Å². The highest BCUT2D eigenvalue weighted by Gasteiger charge is 2.28. The number of aromatic hydroxyl groups is 1. The van der Waals surface area contributed by atoms with Crippen molar-refractivity contribution in [3.05, 3.63) is 95.6 Å². The van der Waals surface area contributed by atoms with Crippen LogP contribution in [0.1, 0.15) is 77.0 Å². The van der Waals surface area contributed by atoms with Crippen LogP contribution in [0.5, 0.6) is 11.5 Å². The van der Waals surface area contributed by atoms with E-state index in [1.54, 1.807) is 12.1 Å². The summed E-state index contributed by atoms with van der Waals surface area (Å²) in [5, 5.41) is 9.84. The molecule has 0 heterocycles. The van der Waals surface area contributed by atoms with E-state index < -0.39 is 0 Å². The summed E-state index contributed by atoms with van der Waals surface area (Å²) in [6.07, 6.45) is 4.38. The summed E-state index contributed by atoms with van der Waals surface area (Å²) in [6.45, 7) is 11.6. The Bertz CT molecular complexity index is 1140. The number of aldehydes is 1. The minimum absolute atomic E-state index is 0.000396. The van der Waals surface area contributed by atoms with E-state index in [2.05, 4.69) is 71.0 Å².